The molecule has 1 heterocycles. The molecule has 0 aliphatic rings. The van der Waals surface area contributed by atoms with Crippen molar-refractivity contribution in [2.75, 3.05) is 21.3 Å². The number of rotatable bonds is 5. The largest absolute Gasteiger partial charge is 0.480 e. The maximum Gasteiger partial charge on any atom is 0.240 e. The molecule has 1 N–H and O–H groups in total. The highest BCUT2D eigenvalue weighted by atomic mass is 19.1. The lowest BCUT2D eigenvalue weighted by molar-refractivity contribution is 0.353. The summed E-state index contributed by atoms with van der Waals surface area (Å²) in [6.07, 6.45) is 1.41. The number of aromatic nitrogens is 2. The van der Waals surface area contributed by atoms with Crippen molar-refractivity contribution < 1.29 is 18.3 Å². The van der Waals surface area contributed by atoms with Gasteiger partial charge in [-0.25, -0.2) is 13.8 Å². The number of nitrogens with zero attached hydrogens (tertiary/aromatic N) is 2. The minimum atomic E-state index is -0.672. The van der Waals surface area contributed by atoms with E-state index in [2.05, 4.69) is 15.3 Å². The second-order valence-electron chi connectivity index (χ2n) is 4.19. The number of hydrogen-bond donors (Lipinski definition) is 1. The molecule has 2 aromatic rings. The Morgan fingerprint density at radius 3 is 2.52 bits per heavy atom. The topological polar surface area (TPSA) is 56.3 Å². The molecule has 0 amide bonds. The fraction of sp³-hybridized carbons (Fsp3) is 0.286. The van der Waals surface area contributed by atoms with Gasteiger partial charge in [-0.05, 0) is 13.1 Å². The van der Waals surface area contributed by atoms with Crippen LogP contribution in [0.5, 0.6) is 11.8 Å². The summed E-state index contributed by atoms with van der Waals surface area (Å²) in [6.45, 7) is 0. The van der Waals surface area contributed by atoms with Crippen LogP contribution >= 0.6 is 0 Å². The molecule has 0 spiro atoms. The molecule has 0 aliphatic heterocycles. The number of halogens is 2. The Labute approximate surface area is 120 Å². The van der Waals surface area contributed by atoms with Crippen LogP contribution in [0.4, 0.5) is 8.78 Å². The van der Waals surface area contributed by atoms with Crippen LogP contribution in [0.3, 0.4) is 0 Å². The average Bonchev–Trinajstić information content (AvgIpc) is 2.50. The minimum Gasteiger partial charge on any atom is -0.480 e. The Morgan fingerprint density at radius 1 is 1.19 bits per heavy atom. The SMILES string of the molecule is CNC(c1ccc(F)cc1F)c1ncc(OC)nc1OC. The third-order valence-electron chi connectivity index (χ3n) is 2.98. The van der Waals surface area contributed by atoms with Gasteiger partial charge in [-0.15, -0.1) is 0 Å². The van der Waals surface area contributed by atoms with Crippen molar-refractivity contribution in [3.8, 4) is 11.8 Å². The number of benzene rings is 1. The van der Waals surface area contributed by atoms with Gasteiger partial charge in [-0.3, -0.25) is 0 Å². The molecule has 2 rings (SSSR count). The molecule has 0 saturated heterocycles. The van der Waals surface area contributed by atoms with E-state index >= 15 is 0 Å². The van der Waals surface area contributed by atoms with E-state index < -0.39 is 17.7 Å². The molecule has 5 nitrogen and oxygen atoms in total. The van der Waals surface area contributed by atoms with Crippen LogP contribution in [0.25, 0.3) is 0 Å². The molecular weight excluding hydrogens is 280 g/mol. The fourth-order valence-corrected chi connectivity index (χ4v) is 1.99. The first-order valence-electron chi connectivity index (χ1n) is 6.17. The summed E-state index contributed by atoms with van der Waals surface area (Å²) in [6, 6.07) is 2.74. The maximum absolute atomic E-state index is 14.0. The predicted molar refractivity (Wildman–Crippen MR) is 72.4 cm³/mol. The average molecular weight is 295 g/mol. The molecule has 112 valence electrons. The molecule has 1 aromatic heterocycles. The summed E-state index contributed by atoms with van der Waals surface area (Å²) >= 11 is 0. The highest BCUT2D eigenvalue weighted by Gasteiger charge is 2.23. The summed E-state index contributed by atoms with van der Waals surface area (Å²) < 4.78 is 37.1. The summed E-state index contributed by atoms with van der Waals surface area (Å²) in [7, 11) is 4.53. The Morgan fingerprint density at radius 2 is 1.95 bits per heavy atom. The molecular formula is C14H15F2N3O2. The third-order valence-corrected chi connectivity index (χ3v) is 2.98. The van der Waals surface area contributed by atoms with Crippen LogP contribution in [0.15, 0.2) is 24.4 Å². The molecule has 7 heteroatoms. The summed E-state index contributed by atoms with van der Waals surface area (Å²) in [4.78, 5) is 8.30. The first-order valence-corrected chi connectivity index (χ1v) is 6.17. The van der Waals surface area contributed by atoms with Crippen LogP contribution in [-0.2, 0) is 0 Å². The molecule has 0 saturated carbocycles. The normalized spacial score (nSPS) is 12.0. The lowest BCUT2D eigenvalue weighted by Gasteiger charge is -2.19. The van der Waals surface area contributed by atoms with Gasteiger partial charge >= 0.3 is 0 Å². The van der Waals surface area contributed by atoms with Crippen molar-refractivity contribution in [2.24, 2.45) is 0 Å². The highest BCUT2D eigenvalue weighted by molar-refractivity contribution is 5.35. The lowest BCUT2D eigenvalue weighted by Crippen LogP contribution is -2.21. The zero-order chi connectivity index (χ0) is 15.4. The van der Waals surface area contributed by atoms with Gasteiger partial charge in [-0.1, -0.05) is 6.07 Å². The van der Waals surface area contributed by atoms with Gasteiger partial charge in [0.1, 0.15) is 17.3 Å². The number of methoxy groups -OCH3 is 2. The Balaban J connectivity index is 2.50. The summed E-state index contributed by atoms with van der Waals surface area (Å²) in [5.41, 5.74) is 0.628. The van der Waals surface area contributed by atoms with Crippen molar-refractivity contribution in [3.63, 3.8) is 0 Å². The lowest BCUT2D eigenvalue weighted by atomic mass is 10.0. The van der Waals surface area contributed by atoms with Crippen LogP contribution in [0.2, 0.25) is 0 Å². The maximum atomic E-state index is 14.0. The second kappa shape index (κ2) is 6.45. The van der Waals surface area contributed by atoms with Crippen LogP contribution in [-0.4, -0.2) is 31.2 Å². The van der Waals surface area contributed by atoms with Crippen LogP contribution < -0.4 is 14.8 Å². The van der Waals surface area contributed by atoms with Gasteiger partial charge in [0.15, 0.2) is 0 Å². The van der Waals surface area contributed by atoms with E-state index in [1.54, 1.807) is 7.05 Å². The standard InChI is InChI=1S/C14H15F2N3O2/c1-17-12(9-5-4-8(15)6-10(9)16)13-14(21-3)19-11(20-2)7-18-13/h4-7,12,17H,1-3H3. The minimum absolute atomic E-state index is 0.206. The third kappa shape index (κ3) is 3.08. The molecule has 1 unspecified atom stereocenters. The van der Waals surface area contributed by atoms with E-state index in [1.165, 1.54) is 32.5 Å². The predicted octanol–water partition coefficient (Wildman–Crippen LogP) is 2.08. The zero-order valence-electron chi connectivity index (χ0n) is 11.9. The van der Waals surface area contributed by atoms with Crippen molar-refractivity contribution in [1.29, 1.82) is 0 Å². The molecule has 1 aromatic carbocycles. The van der Waals surface area contributed by atoms with Crippen LogP contribution in [0, 0.1) is 11.6 Å². The Kier molecular flexibility index (Phi) is 4.64. The van der Waals surface area contributed by atoms with E-state index in [9.17, 15) is 8.78 Å². The molecule has 0 fully saturated rings. The fourth-order valence-electron chi connectivity index (χ4n) is 1.99. The van der Waals surface area contributed by atoms with Crippen molar-refractivity contribution in [3.05, 3.63) is 47.3 Å². The summed E-state index contributed by atoms with van der Waals surface area (Å²) in [5, 5.41) is 2.92. The molecule has 21 heavy (non-hydrogen) atoms. The number of nitrogens with one attached hydrogen (secondary N) is 1. The summed E-state index contributed by atoms with van der Waals surface area (Å²) in [5.74, 6) is -0.824. The van der Waals surface area contributed by atoms with Gasteiger partial charge in [-0.2, -0.15) is 4.98 Å². The van der Waals surface area contributed by atoms with Crippen molar-refractivity contribution in [2.45, 2.75) is 6.04 Å². The van der Waals surface area contributed by atoms with Gasteiger partial charge in [0.05, 0.1) is 26.5 Å². The monoisotopic (exact) mass is 295 g/mol. The first-order chi connectivity index (χ1) is 10.1. The Bertz CT molecular complexity index is 638. The zero-order valence-corrected chi connectivity index (χ0v) is 11.9. The van der Waals surface area contributed by atoms with Gasteiger partial charge in [0.25, 0.3) is 0 Å². The van der Waals surface area contributed by atoms with E-state index in [0.29, 0.717) is 5.69 Å². The first kappa shape index (κ1) is 15.1. The van der Waals surface area contributed by atoms with Crippen molar-refractivity contribution in [1.82, 2.24) is 15.3 Å². The van der Waals surface area contributed by atoms with E-state index in [4.69, 9.17) is 9.47 Å². The number of ether oxygens (including phenoxy) is 2. The van der Waals surface area contributed by atoms with Gasteiger partial charge in [0, 0.05) is 11.6 Å². The quantitative estimate of drug-likeness (QED) is 0.915. The van der Waals surface area contributed by atoms with Crippen molar-refractivity contribution >= 4 is 0 Å². The molecule has 1 atom stereocenters. The molecule has 0 aliphatic carbocycles. The molecule has 0 radical (unpaired) electrons. The molecule has 0 bridgehead atoms. The van der Waals surface area contributed by atoms with Gasteiger partial charge in [0.2, 0.25) is 11.8 Å². The van der Waals surface area contributed by atoms with E-state index in [0.717, 1.165) is 6.07 Å². The van der Waals surface area contributed by atoms with Gasteiger partial charge < -0.3 is 14.8 Å². The van der Waals surface area contributed by atoms with E-state index in [-0.39, 0.29) is 17.3 Å². The number of hydrogen-bond acceptors (Lipinski definition) is 5. The Hall–Kier alpha value is -2.28. The van der Waals surface area contributed by atoms with Crippen LogP contribution in [0.1, 0.15) is 17.3 Å². The highest BCUT2D eigenvalue weighted by Crippen LogP contribution is 2.29. The van der Waals surface area contributed by atoms with E-state index in [1.807, 2.05) is 0 Å². The second-order valence-corrected chi connectivity index (χ2v) is 4.19. The smallest absolute Gasteiger partial charge is 0.240 e.